The standard InChI is InChI=1S/C14H12O2.C6H14N2O2/c15-14(16)10-12-8-4-5-9-13(12)11-6-2-1-3-7-11;7-4-2-1-3-5(8)6(9)10/h1-9H,10H2,(H,15,16);5H,1-4,7-8H2,(H,9,10)/t;5-/m.0/s1. The summed E-state index contributed by atoms with van der Waals surface area (Å²) in [5, 5.41) is 17.2. The normalized spacial score (nSPS) is 11.2. The predicted molar refractivity (Wildman–Crippen MR) is 102 cm³/mol. The zero-order valence-corrected chi connectivity index (χ0v) is 14.7. The number of hydrogen-bond donors (Lipinski definition) is 4. The van der Waals surface area contributed by atoms with Gasteiger partial charge in [0.25, 0.3) is 0 Å². The van der Waals surface area contributed by atoms with Gasteiger partial charge in [-0.1, -0.05) is 61.0 Å². The summed E-state index contributed by atoms with van der Waals surface area (Å²) < 4.78 is 0. The Bertz CT molecular complexity index is 689. The highest BCUT2D eigenvalue weighted by Crippen LogP contribution is 2.23. The minimum Gasteiger partial charge on any atom is -0.481 e. The van der Waals surface area contributed by atoms with E-state index in [2.05, 4.69) is 0 Å². The molecule has 0 aliphatic rings. The second-order valence-corrected chi connectivity index (χ2v) is 5.82. The third-order valence-corrected chi connectivity index (χ3v) is 3.73. The van der Waals surface area contributed by atoms with Gasteiger partial charge in [0.1, 0.15) is 6.04 Å². The summed E-state index contributed by atoms with van der Waals surface area (Å²) in [5.41, 5.74) is 13.3. The van der Waals surface area contributed by atoms with Gasteiger partial charge in [0, 0.05) is 0 Å². The van der Waals surface area contributed by atoms with Crippen LogP contribution in [0.5, 0.6) is 0 Å². The van der Waals surface area contributed by atoms with Crippen molar-refractivity contribution in [1.29, 1.82) is 0 Å². The molecule has 0 radical (unpaired) electrons. The lowest BCUT2D eigenvalue weighted by Crippen LogP contribution is -2.29. The summed E-state index contributed by atoms with van der Waals surface area (Å²) in [4.78, 5) is 20.9. The number of carbonyl (C=O) groups is 2. The molecule has 0 bridgehead atoms. The third-order valence-electron chi connectivity index (χ3n) is 3.73. The van der Waals surface area contributed by atoms with E-state index in [-0.39, 0.29) is 6.42 Å². The van der Waals surface area contributed by atoms with Gasteiger partial charge in [0.05, 0.1) is 6.42 Å². The average molecular weight is 358 g/mol. The summed E-state index contributed by atoms with van der Waals surface area (Å²) in [7, 11) is 0. The summed E-state index contributed by atoms with van der Waals surface area (Å²) in [6.07, 6.45) is 2.22. The number of unbranched alkanes of at least 4 members (excludes halogenated alkanes) is 1. The first-order valence-electron chi connectivity index (χ1n) is 8.49. The van der Waals surface area contributed by atoms with Gasteiger partial charge in [0.2, 0.25) is 0 Å². The van der Waals surface area contributed by atoms with E-state index in [9.17, 15) is 9.59 Å². The fourth-order valence-electron chi connectivity index (χ4n) is 2.37. The fraction of sp³-hybridized carbons (Fsp3) is 0.300. The first-order chi connectivity index (χ1) is 12.5. The highest BCUT2D eigenvalue weighted by Gasteiger charge is 2.09. The Morgan fingerprint density at radius 2 is 1.54 bits per heavy atom. The van der Waals surface area contributed by atoms with Crippen LogP contribution in [0.3, 0.4) is 0 Å². The van der Waals surface area contributed by atoms with Crippen LogP contribution < -0.4 is 11.5 Å². The number of rotatable bonds is 8. The van der Waals surface area contributed by atoms with Crippen molar-refractivity contribution in [3.05, 3.63) is 60.2 Å². The Hall–Kier alpha value is -2.70. The minimum absolute atomic E-state index is 0.0606. The largest absolute Gasteiger partial charge is 0.481 e. The molecular formula is C20H26N2O4. The topological polar surface area (TPSA) is 127 Å². The number of hydrogen-bond acceptors (Lipinski definition) is 4. The van der Waals surface area contributed by atoms with Crippen molar-refractivity contribution >= 4 is 11.9 Å². The molecule has 0 aromatic heterocycles. The van der Waals surface area contributed by atoms with Crippen LogP contribution in [0.1, 0.15) is 24.8 Å². The van der Waals surface area contributed by atoms with Crippen molar-refractivity contribution in [2.24, 2.45) is 11.5 Å². The van der Waals surface area contributed by atoms with Crippen molar-refractivity contribution in [2.75, 3.05) is 6.54 Å². The molecule has 0 aliphatic heterocycles. The van der Waals surface area contributed by atoms with Crippen molar-refractivity contribution in [3.63, 3.8) is 0 Å². The molecule has 0 spiro atoms. The number of aliphatic carboxylic acids is 2. The zero-order valence-electron chi connectivity index (χ0n) is 14.7. The van der Waals surface area contributed by atoms with E-state index >= 15 is 0 Å². The number of nitrogens with two attached hydrogens (primary N) is 2. The van der Waals surface area contributed by atoms with Crippen LogP contribution in [0.4, 0.5) is 0 Å². The zero-order chi connectivity index (χ0) is 19.4. The van der Waals surface area contributed by atoms with E-state index in [1.165, 1.54) is 0 Å². The molecule has 0 saturated carbocycles. The van der Waals surface area contributed by atoms with Crippen LogP contribution in [0, 0.1) is 0 Å². The molecule has 0 heterocycles. The van der Waals surface area contributed by atoms with Crippen molar-refractivity contribution in [2.45, 2.75) is 31.7 Å². The molecule has 0 fully saturated rings. The summed E-state index contributed by atoms with van der Waals surface area (Å²) >= 11 is 0. The monoisotopic (exact) mass is 358 g/mol. The van der Waals surface area contributed by atoms with Gasteiger partial charge in [0.15, 0.2) is 0 Å². The molecule has 26 heavy (non-hydrogen) atoms. The van der Waals surface area contributed by atoms with E-state index in [0.717, 1.165) is 29.5 Å². The first kappa shape index (κ1) is 21.3. The van der Waals surface area contributed by atoms with Crippen LogP contribution in [-0.4, -0.2) is 34.7 Å². The molecule has 1 atom stereocenters. The average Bonchev–Trinajstić information content (AvgIpc) is 2.63. The van der Waals surface area contributed by atoms with Gasteiger partial charge in [-0.25, -0.2) is 0 Å². The Morgan fingerprint density at radius 3 is 2.12 bits per heavy atom. The van der Waals surface area contributed by atoms with E-state index in [1.807, 2.05) is 54.6 Å². The van der Waals surface area contributed by atoms with Gasteiger partial charge in [-0.15, -0.1) is 0 Å². The smallest absolute Gasteiger partial charge is 0.320 e. The maximum Gasteiger partial charge on any atom is 0.320 e. The fourth-order valence-corrected chi connectivity index (χ4v) is 2.37. The number of carboxylic acids is 2. The first-order valence-corrected chi connectivity index (χ1v) is 8.49. The molecule has 0 aliphatic carbocycles. The van der Waals surface area contributed by atoms with E-state index in [0.29, 0.717) is 13.0 Å². The molecule has 6 nitrogen and oxygen atoms in total. The molecule has 6 heteroatoms. The third kappa shape index (κ3) is 7.92. The van der Waals surface area contributed by atoms with Crippen LogP contribution >= 0.6 is 0 Å². The molecule has 6 N–H and O–H groups in total. The minimum atomic E-state index is -0.933. The Labute approximate surface area is 153 Å². The van der Waals surface area contributed by atoms with Gasteiger partial charge < -0.3 is 21.7 Å². The van der Waals surface area contributed by atoms with Crippen LogP contribution in [0.25, 0.3) is 11.1 Å². The maximum atomic E-state index is 10.8. The van der Waals surface area contributed by atoms with E-state index in [1.54, 1.807) is 0 Å². The van der Waals surface area contributed by atoms with Gasteiger partial charge in [-0.3, -0.25) is 9.59 Å². The van der Waals surface area contributed by atoms with Crippen LogP contribution in [0.2, 0.25) is 0 Å². The summed E-state index contributed by atoms with van der Waals surface area (Å²) in [6.45, 7) is 0.604. The maximum absolute atomic E-state index is 10.8. The quantitative estimate of drug-likeness (QED) is 0.537. The summed E-state index contributed by atoms with van der Waals surface area (Å²) in [6, 6.07) is 16.7. The number of carboxylic acid groups (broad SMARTS) is 2. The molecule has 2 aromatic rings. The summed E-state index contributed by atoms with van der Waals surface area (Å²) in [5.74, 6) is -1.74. The molecular weight excluding hydrogens is 332 g/mol. The van der Waals surface area contributed by atoms with Crippen molar-refractivity contribution < 1.29 is 19.8 Å². The second-order valence-electron chi connectivity index (χ2n) is 5.82. The van der Waals surface area contributed by atoms with E-state index in [4.69, 9.17) is 21.7 Å². The SMILES string of the molecule is NCCCC[C@H](N)C(=O)O.O=C(O)Cc1ccccc1-c1ccccc1. The molecule has 0 amide bonds. The molecule has 2 rings (SSSR count). The highest BCUT2D eigenvalue weighted by atomic mass is 16.4. The predicted octanol–water partition coefficient (Wildman–Crippen LogP) is 2.51. The van der Waals surface area contributed by atoms with Gasteiger partial charge >= 0.3 is 11.9 Å². The van der Waals surface area contributed by atoms with Crippen molar-refractivity contribution in [1.82, 2.24) is 0 Å². The van der Waals surface area contributed by atoms with Crippen LogP contribution in [-0.2, 0) is 16.0 Å². The molecule has 140 valence electrons. The lowest BCUT2D eigenvalue weighted by molar-refractivity contribution is -0.139. The lowest BCUT2D eigenvalue weighted by atomic mass is 9.98. The van der Waals surface area contributed by atoms with E-state index < -0.39 is 18.0 Å². The molecule has 2 aromatic carbocycles. The molecule has 0 saturated heterocycles. The Kier molecular flexibility index (Phi) is 9.67. The molecule has 0 unspecified atom stereocenters. The Morgan fingerprint density at radius 1 is 0.923 bits per heavy atom. The number of benzene rings is 2. The van der Waals surface area contributed by atoms with Gasteiger partial charge in [-0.2, -0.15) is 0 Å². The Balaban J connectivity index is 0.000000294. The second kappa shape index (κ2) is 11.8. The lowest BCUT2D eigenvalue weighted by Gasteiger charge is -2.07. The van der Waals surface area contributed by atoms with Crippen molar-refractivity contribution in [3.8, 4) is 11.1 Å². The van der Waals surface area contributed by atoms with Gasteiger partial charge in [-0.05, 0) is 36.1 Å². The highest BCUT2D eigenvalue weighted by molar-refractivity contribution is 5.76. The van der Waals surface area contributed by atoms with Crippen LogP contribution in [0.15, 0.2) is 54.6 Å².